The standard InChI is InChI=1S/C23H17FN6O3S2/c1-32-19-8-3-2-6-15(19)17-11-25-10-9-16(17)21(31)27-22-28-29-23(34-22)33-12-14-5-4-7-18-20(14)26-13-30(18)35-24/h2-11,13H,12H2,1H3,(H,27,28,31). The number of imidazole rings is 1. The van der Waals surface area contributed by atoms with E-state index in [0.29, 0.717) is 27.9 Å². The second-order valence-electron chi connectivity index (χ2n) is 7.16. The van der Waals surface area contributed by atoms with Gasteiger partial charge in [0, 0.05) is 29.1 Å². The topological polar surface area (TPSA) is 104 Å². The van der Waals surface area contributed by atoms with Crippen molar-refractivity contribution in [3.63, 3.8) is 0 Å². The van der Waals surface area contributed by atoms with Gasteiger partial charge < -0.3 is 9.47 Å². The van der Waals surface area contributed by atoms with Gasteiger partial charge in [-0.25, -0.2) is 8.96 Å². The first-order chi connectivity index (χ1) is 17.2. The quantitative estimate of drug-likeness (QED) is 0.306. The zero-order valence-corrected chi connectivity index (χ0v) is 19.8. The SMILES string of the molecule is COc1ccccc1-c1cnccc1C(=O)Nc1nnc(OCc2cccc3c2ncn3SF)s1. The number of pyridine rings is 1. The molecule has 0 saturated heterocycles. The summed E-state index contributed by atoms with van der Waals surface area (Å²) in [5.41, 5.74) is 3.84. The number of anilines is 1. The molecule has 2 aromatic carbocycles. The van der Waals surface area contributed by atoms with Crippen LogP contribution in [0.4, 0.5) is 9.02 Å². The molecule has 1 amide bonds. The molecule has 0 unspecified atom stereocenters. The molecule has 3 heterocycles. The highest BCUT2D eigenvalue weighted by Gasteiger charge is 2.18. The number of carbonyl (C=O) groups excluding carboxylic acids is 1. The summed E-state index contributed by atoms with van der Waals surface area (Å²) >= 11 is 1.17. The van der Waals surface area contributed by atoms with Gasteiger partial charge in [-0.2, -0.15) is 0 Å². The van der Waals surface area contributed by atoms with E-state index in [2.05, 4.69) is 25.5 Å². The van der Waals surface area contributed by atoms with E-state index in [1.54, 1.807) is 37.7 Å². The highest BCUT2D eigenvalue weighted by molar-refractivity contribution is 7.92. The van der Waals surface area contributed by atoms with Crippen LogP contribution in [0, 0.1) is 0 Å². The maximum Gasteiger partial charge on any atom is 0.296 e. The number of rotatable bonds is 8. The van der Waals surface area contributed by atoms with Crippen LogP contribution < -0.4 is 14.8 Å². The third-order valence-corrected chi connectivity index (χ3v) is 6.33. The van der Waals surface area contributed by atoms with E-state index in [1.807, 2.05) is 30.3 Å². The number of hydrogen-bond donors (Lipinski definition) is 1. The Kier molecular flexibility index (Phi) is 6.55. The number of fused-ring (bicyclic) bond motifs is 1. The number of carbonyl (C=O) groups is 1. The molecule has 5 rings (SSSR count). The first-order valence-electron chi connectivity index (χ1n) is 10.3. The van der Waals surface area contributed by atoms with E-state index in [0.717, 1.165) is 22.5 Å². The molecule has 12 heteroatoms. The number of hydrogen-bond acceptors (Lipinski definition) is 9. The van der Waals surface area contributed by atoms with Crippen LogP contribution in [0.1, 0.15) is 15.9 Å². The molecular formula is C23H17FN6O3S2. The normalized spacial score (nSPS) is 10.9. The molecule has 0 aliphatic rings. The number of aromatic nitrogens is 5. The lowest BCUT2D eigenvalue weighted by Crippen LogP contribution is -2.13. The molecule has 0 saturated carbocycles. The van der Waals surface area contributed by atoms with Gasteiger partial charge in [-0.3, -0.25) is 15.1 Å². The Hall–Kier alpha value is -4.03. The van der Waals surface area contributed by atoms with Crippen LogP contribution in [-0.4, -0.2) is 37.2 Å². The summed E-state index contributed by atoms with van der Waals surface area (Å²) in [5, 5.41) is 11.3. The molecule has 0 bridgehead atoms. The molecule has 9 nitrogen and oxygen atoms in total. The Balaban J connectivity index is 1.31. The van der Waals surface area contributed by atoms with E-state index >= 15 is 0 Å². The van der Waals surface area contributed by atoms with Gasteiger partial charge in [0.1, 0.15) is 18.7 Å². The summed E-state index contributed by atoms with van der Waals surface area (Å²) in [4.78, 5) is 21.5. The van der Waals surface area contributed by atoms with E-state index in [-0.39, 0.29) is 35.2 Å². The van der Waals surface area contributed by atoms with Gasteiger partial charge in [0.2, 0.25) is 5.13 Å². The van der Waals surface area contributed by atoms with Crippen LogP contribution in [0.15, 0.2) is 67.3 Å². The number of halogens is 1. The number of para-hydroxylation sites is 2. The smallest absolute Gasteiger partial charge is 0.296 e. The first kappa shape index (κ1) is 22.7. The van der Waals surface area contributed by atoms with Crippen molar-refractivity contribution in [1.29, 1.82) is 0 Å². The second kappa shape index (κ2) is 10.1. The van der Waals surface area contributed by atoms with E-state index in [9.17, 15) is 8.68 Å². The molecule has 0 radical (unpaired) electrons. The Bertz CT molecular complexity index is 1510. The van der Waals surface area contributed by atoms with E-state index in [1.165, 1.54) is 10.3 Å². The van der Waals surface area contributed by atoms with Crippen molar-refractivity contribution in [2.75, 3.05) is 12.4 Å². The second-order valence-corrected chi connectivity index (χ2v) is 8.63. The zero-order valence-electron chi connectivity index (χ0n) is 18.2. The number of benzene rings is 2. The largest absolute Gasteiger partial charge is 0.496 e. The molecule has 3 aromatic heterocycles. The highest BCUT2D eigenvalue weighted by Crippen LogP contribution is 2.32. The number of nitrogens with one attached hydrogen (secondary N) is 1. The van der Waals surface area contributed by atoms with Crippen LogP contribution in [-0.2, 0) is 6.61 Å². The number of ether oxygens (including phenoxy) is 2. The van der Waals surface area contributed by atoms with Crippen LogP contribution in [0.5, 0.6) is 10.9 Å². The molecule has 0 fully saturated rings. The van der Waals surface area contributed by atoms with Gasteiger partial charge in [0.15, 0.2) is 12.3 Å². The number of amides is 1. The maximum absolute atomic E-state index is 13.0. The van der Waals surface area contributed by atoms with Gasteiger partial charge in [-0.1, -0.05) is 35.4 Å². The first-order valence-corrected chi connectivity index (χ1v) is 11.8. The average Bonchev–Trinajstić information content (AvgIpc) is 3.54. The molecule has 0 atom stereocenters. The van der Waals surface area contributed by atoms with Gasteiger partial charge in [0.25, 0.3) is 11.1 Å². The summed E-state index contributed by atoms with van der Waals surface area (Å²) in [6.45, 7) is 0.163. The third kappa shape index (κ3) is 4.66. The predicted molar refractivity (Wildman–Crippen MR) is 132 cm³/mol. The van der Waals surface area contributed by atoms with Crippen molar-refractivity contribution in [3.05, 3.63) is 78.4 Å². The number of nitrogens with zero attached hydrogens (tertiary/aromatic N) is 5. The highest BCUT2D eigenvalue weighted by atomic mass is 32.2. The number of methoxy groups -OCH3 is 1. The van der Waals surface area contributed by atoms with Gasteiger partial charge in [-0.05, 0) is 29.5 Å². The maximum atomic E-state index is 13.0. The summed E-state index contributed by atoms with van der Waals surface area (Å²) in [6, 6.07) is 14.4. The Morgan fingerprint density at radius 2 is 2.03 bits per heavy atom. The fraction of sp³-hybridized carbons (Fsp3) is 0.0870. The molecule has 0 aliphatic carbocycles. The van der Waals surface area contributed by atoms with Crippen LogP contribution in [0.25, 0.3) is 22.2 Å². The molecule has 35 heavy (non-hydrogen) atoms. The minimum absolute atomic E-state index is 0.0787. The van der Waals surface area contributed by atoms with Gasteiger partial charge >= 0.3 is 0 Å². The lowest BCUT2D eigenvalue weighted by atomic mass is 10.0. The molecular weight excluding hydrogens is 491 g/mol. The van der Waals surface area contributed by atoms with Crippen molar-refractivity contribution in [1.82, 2.24) is 24.1 Å². The fourth-order valence-electron chi connectivity index (χ4n) is 3.55. The monoisotopic (exact) mass is 508 g/mol. The minimum atomic E-state index is -0.366. The van der Waals surface area contributed by atoms with E-state index in [4.69, 9.17) is 9.47 Å². The predicted octanol–water partition coefficient (Wildman–Crippen LogP) is 5.17. The lowest BCUT2D eigenvalue weighted by molar-refractivity contribution is 0.102. The molecule has 176 valence electrons. The third-order valence-electron chi connectivity index (χ3n) is 5.14. The lowest BCUT2D eigenvalue weighted by Gasteiger charge is -2.11. The Morgan fingerprint density at radius 3 is 2.89 bits per heavy atom. The van der Waals surface area contributed by atoms with Crippen molar-refractivity contribution in [3.8, 4) is 22.1 Å². The summed E-state index contributed by atoms with van der Waals surface area (Å²) in [6.07, 6.45) is 4.58. The molecule has 0 aliphatic heterocycles. The van der Waals surface area contributed by atoms with Gasteiger partial charge in [-0.15, -0.1) is 8.98 Å². The van der Waals surface area contributed by atoms with Crippen molar-refractivity contribution in [2.45, 2.75) is 6.61 Å². The molecule has 5 aromatic rings. The minimum Gasteiger partial charge on any atom is -0.496 e. The summed E-state index contributed by atoms with van der Waals surface area (Å²) < 4.78 is 25.5. The molecule has 0 spiro atoms. The summed E-state index contributed by atoms with van der Waals surface area (Å²) in [7, 11) is 1.57. The van der Waals surface area contributed by atoms with Gasteiger partial charge in [0.05, 0.1) is 23.7 Å². The van der Waals surface area contributed by atoms with Crippen molar-refractivity contribution >= 4 is 45.7 Å². The van der Waals surface area contributed by atoms with Crippen LogP contribution in [0.2, 0.25) is 0 Å². The Labute approximate surface area is 207 Å². The average molecular weight is 509 g/mol. The van der Waals surface area contributed by atoms with Crippen molar-refractivity contribution < 1.29 is 18.2 Å². The fourth-order valence-corrected chi connectivity index (χ4v) is 4.44. The van der Waals surface area contributed by atoms with Crippen LogP contribution >= 0.6 is 23.7 Å². The van der Waals surface area contributed by atoms with E-state index < -0.39 is 0 Å². The van der Waals surface area contributed by atoms with Crippen molar-refractivity contribution in [2.24, 2.45) is 0 Å². The Morgan fingerprint density at radius 1 is 1.14 bits per heavy atom. The molecule has 1 N–H and O–H groups in total. The summed E-state index contributed by atoms with van der Waals surface area (Å²) in [5.74, 6) is 0.265. The van der Waals surface area contributed by atoms with Crippen LogP contribution in [0.3, 0.4) is 0 Å². The zero-order chi connectivity index (χ0) is 24.2.